The third-order valence-electron chi connectivity index (χ3n) is 9.55. The monoisotopic (exact) mass is 732 g/mol. The van der Waals surface area contributed by atoms with E-state index in [1.165, 1.54) is 89.9 Å². The number of nitrogens with one attached hydrogen (secondary N) is 4. The van der Waals surface area contributed by atoms with Crippen LogP contribution in [0.5, 0.6) is 0 Å². The molecule has 0 saturated carbocycles. The summed E-state index contributed by atoms with van der Waals surface area (Å²) in [5.41, 5.74) is 21.3. The zero-order valence-corrected chi connectivity index (χ0v) is 31.5. The van der Waals surface area contributed by atoms with Crippen molar-refractivity contribution in [2.45, 2.75) is 100 Å². The van der Waals surface area contributed by atoms with Crippen molar-refractivity contribution in [2.24, 2.45) is 0 Å². The van der Waals surface area contributed by atoms with Crippen LogP contribution in [0.1, 0.15) is 118 Å². The van der Waals surface area contributed by atoms with Crippen LogP contribution in [0.3, 0.4) is 0 Å². The van der Waals surface area contributed by atoms with E-state index < -0.39 is 0 Å². The van der Waals surface area contributed by atoms with Crippen LogP contribution in [-0.4, -0.2) is 22.4 Å². The fraction of sp³-hybridized carbons (Fsp3) is 0.385. The second-order valence-electron chi connectivity index (χ2n) is 11.8. The lowest BCUT2D eigenvalue weighted by atomic mass is 9.93. The lowest BCUT2D eigenvalue weighted by Crippen LogP contribution is -3.00. The molecule has 5 rings (SSSR count). The number of rotatable bonds is 11. The number of H-pyrrole nitrogens is 2. The topological polar surface area (TPSA) is 59.5 Å². The molecule has 0 atom stereocenters. The molecule has 6 heteroatoms. The minimum Gasteiger partial charge on any atom is -1.00 e. The Hall–Kier alpha value is -2.96. The van der Waals surface area contributed by atoms with Crippen LogP contribution >= 0.6 is 0 Å². The lowest BCUT2D eigenvalue weighted by molar-refractivity contribution is -0.381. The smallest absolute Gasteiger partial charge is 0.216 e. The summed E-state index contributed by atoms with van der Waals surface area (Å²) in [5.74, 6) is 0. The van der Waals surface area contributed by atoms with Crippen molar-refractivity contribution >= 4 is 24.1 Å². The normalized spacial score (nSPS) is 16.2. The Balaban J connectivity index is 0.00000276. The Bertz CT molecular complexity index is 1700. The fourth-order valence-electron chi connectivity index (χ4n) is 7.22. The first-order chi connectivity index (χ1) is 20.9. The Morgan fingerprint density at radius 3 is 1.89 bits per heavy atom. The molecule has 0 amide bonds. The van der Waals surface area contributed by atoms with E-state index in [0.717, 1.165) is 44.9 Å². The minimum atomic E-state index is 0. The maximum absolute atomic E-state index is 3.98. The number of halogens is 2. The van der Waals surface area contributed by atoms with Crippen molar-refractivity contribution < 1.29 is 43.9 Å². The van der Waals surface area contributed by atoms with Crippen LogP contribution in [0.25, 0.3) is 11.6 Å². The summed E-state index contributed by atoms with van der Waals surface area (Å²) in [6.45, 7) is 18.1. The van der Waals surface area contributed by atoms with Gasteiger partial charge in [-0.3, -0.25) is 0 Å². The fourth-order valence-corrected chi connectivity index (χ4v) is 7.22. The highest BCUT2D eigenvalue weighted by Gasteiger charge is 2.28. The lowest BCUT2D eigenvalue weighted by Gasteiger charge is -2.09. The van der Waals surface area contributed by atoms with E-state index in [4.69, 9.17) is 0 Å². The Labute approximate surface area is 291 Å². The Kier molecular flexibility index (Phi) is 13.0. The van der Waals surface area contributed by atoms with E-state index in [0.29, 0.717) is 0 Å². The summed E-state index contributed by atoms with van der Waals surface area (Å²) in [6.07, 6.45) is 13.7. The number of aromatic nitrogens is 2. The van der Waals surface area contributed by atoms with Gasteiger partial charge in [-0.05, 0) is 80.2 Å². The molecule has 2 aliphatic rings. The van der Waals surface area contributed by atoms with Crippen molar-refractivity contribution in [3.63, 3.8) is 0 Å². The highest BCUT2D eigenvalue weighted by atomic mass is 79.9. The second kappa shape index (κ2) is 16.0. The molecule has 0 spiro atoms. The third kappa shape index (κ3) is 6.92. The Morgan fingerprint density at radius 2 is 1.31 bits per heavy atom. The molecule has 4 heterocycles. The van der Waals surface area contributed by atoms with Crippen molar-refractivity contribution in [3.8, 4) is 0 Å². The molecule has 0 fully saturated rings. The number of benzene rings is 1. The largest absolute Gasteiger partial charge is 1.00 e. The molecule has 0 radical (unpaired) electrons. The number of hydrogen-bond acceptors (Lipinski definition) is 0. The van der Waals surface area contributed by atoms with Gasteiger partial charge in [0.05, 0.1) is 11.3 Å². The predicted octanol–water partition coefficient (Wildman–Crippen LogP) is 0.211. The first kappa shape index (κ1) is 36.5. The predicted molar refractivity (Wildman–Crippen MR) is 182 cm³/mol. The zero-order valence-electron chi connectivity index (χ0n) is 28.3. The Morgan fingerprint density at radius 1 is 0.689 bits per heavy atom. The maximum Gasteiger partial charge on any atom is 0.216 e. The van der Waals surface area contributed by atoms with E-state index in [2.05, 4.69) is 124 Å². The van der Waals surface area contributed by atoms with Gasteiger partial charge in [0.2, 0.25) is 11.4 Å². The highest BCUT2D eigenvalue weighted by molar-refractivity contribution is 5.88. The third-order valence-corrected chi connectivity index (χ3v) is 9.55. The number of hydrogen-bond donors (Lipinski definition) is 4. The molecule has 3 aromatic rings. The molecule has 0 bridgehead atoms. The summed E-state index contributed by atoms with van der Waals surface area (Å²) in [6, 6.07) is 10.8. The summed E-state index contributed by atoms with van der Waals surface area (Å²) in [4.78, 5) is 15.1. The molecule has 4 N–H and O–H groups in total. The molecule has 1 aromatic carbocycles. The molecule has 45 heavy (non-hydrogen) atoms. The van der Waals surface area contributed by atoms with Gasteiger partial charge in [0.25, 0.3) is 0 Å². The van der Waals surface area contributed by atoms with Crippen molar-refractivity contribution in [2.75, 3.05) is 0 Å². The van der Waals surface area contributed by atoms with Crippen LogP contribution in [0.4, 0.5) is 0 Å². The highest BCUT2D eigenvalue weighted by Crippen LogP contribution is 2.35. The first-order valence-electron chi connectivity index (χ1n) is 16.5. The summed E-state index contributed by atoms with van der Waals surface area (Å²) in [7, 11) is 0. The van der Waals surface area contributed by atoms with Gasteiger partial charge >= 0.3 is 0 Å². The molecule has 240 valence electrons. The first-order valence-corrected chi connectivity index (χ1v) is 16.5. The van der Waals surface area contributed by atoms with Gasteiger partial charge in [0.15, 0.2) is 12.4 Å². The minimum absolute atomic E-state index is 0. The van der Waals surface area contributed by atoms with Gasteiger partial charge in [-0.2, -0.15) is 0 Å². The molecular weight excluding hydrogens is 684 g/mol. The SMILES string of the molecule is CCC1=C(CC)/C(=C/c2[nH]c(Cc3[nH]c(/C(=C4\[NH+]=CC(CC)=C4C)c4ccccc4)c(C)c3CC)c(CC)c2CC)[NH+]=C1.[Br-].[Br-]. The van der Waals surface area contributed by atoms with E-state index in [1.54, 1.807) is 0 Å². The van der Waals surface area contributed by atoms with Crippen LogP contribution < -0.4 is 43.9 Å². The number of aromatic amines is 2. The van der Waals surface area contributed by atoms with Crippen LogP contribution in [-0.2, 0) is 25.7 Å². The van der Waals surface area contributed by atoms with Crippen LogP contribution in [0.15, 0.2) is 64.0 Å². The van der Waals surface area contributed by atoms with Gasteiger partial charge in [-0.25, -0.2) is 9.98 Å². The second-order valence-corrected chi connectivity index (χ2v) is 11.8. The van der Waals surface area contributed by atoms with E-state index in [-0.39, 0.29) is 34.0 Å². The standard InChI is InChI=1S/C39H48N4.2BrH/c1-9-26-22-41-38(24(26)7)37(28-18-16-15-17-19-28)39-25(8)29(11-3)34(43-39)21-36-32(14-6)31(13-5)35(42-36)20-33-30(12-4)27(10-2)23-40-33;;/h15-20,22-23,42-43H,9-14,21H2,1-8H3;2*1H/b33-20-,38-37-;;. The van der Waals surface area contributed by atoms with Crippen molar-refractivity contribution in [3.05, 3.63) is 115 Å². The molecule has 2 aromatic heterocycles. The zero-order chi connectivity index (χ0) is 30.7. The van der Waals surface area contributed by atoms with Gasteiger partial charge in [-0.15, -0.1) is 0 Å². The van der Waals surface area contributed by atoms with Gasteiger partial charge in [0.1, 0.15) is 0 Å². The molecule has 2 aliphatic heterocycles. The van der Waals surface area contributed by atoms with E-state index >= 15 is 0 Å². The van der Waals surface area contributed by atoms with Gasteiger partial charge in [0, 0.05) is 51.9 Å². The van der Waals surface area contributed by atoms with Crippen molar-refractivity contribution in [1.82, 2.24) is 9.97 Å². The van der Waals surface area contributed by atoms with E-state index in [1.807, 2.05) is 0 Å². The molecule has 0 aliphatic carbocycles. The summed E-state index contributed by atoms with van der Waals surface area (Å²) < 4.78 is 0. The average molecular weight is 735 g/mol. The van der Waals surface area contributed by atoms with Gasteiger partial charge in [-0.1, -0.05) is 71.9 Å². The average Bonchev–Trinajstić information content (AvgIpc) is 3.77. The quantitative estimate of drug-likeness (QED) is 0.218. The van der Waals surface area contributed by atoms with Gasteiger partial charge < -0.3 is 43.9 Å². The molecular formula is C39H50Br2N4. The molecule has 0 saturated heterocycles. The molecule has 0 unspecified atom stereocenters. The van der Waals surface area contributed by atoms with Crippen LogP contribution in [0.2, 0.25) is 0 Å². The number of allylic oxidation sites excluding steroid dienone is 4. The van der Waals surface area contributed by atoms with Crippen LogP contribution in [0, 0.1) is 6.92 Å². The maximum atomic E-state index is 3.98. The summed E-state index contributed by atoms with van der Waals surface area (Å²) >= 11 is 0. The van der Waals surface area contributed by atoms with Crippen molar-refractivity contribution in [1.29, 1.82) is 0 Å². The molecule has 4 nitrogen and oxygen atoms in total. The summed E-state index contributed by atoms with van der Waals surface area (Å²) in [5, 5.41) is 0. The van der Waals surface area contributed by atoms with E-state index in [9.17, 15) is 0 Å².